The monoisotopic (exact) mass is 499 g/mol. The minimum absolute atomic E-state index is 0.0276. The van der Waals surface area contributed by atoms with Gasteiger partial charge in [-0.1, -0.05) is 49.7 Å². The maximum atomic E-state index is 13.4. The van der Waals surface area contributed by atoms with Gasteiger partial charge in [0.25, 0.3) is 11.7 Å². The summed E-state index contributed by atoms with van der Waals surface area (Å²) in [4.78, 5) is 28.3. The smallest absolute Gasteiger partial charge is 0.295 e. The lowest BCUT2D eigenvalue weighted by Crippen LogP contribution is -2.29. The number of nitrogens with zero attached hydrogens (tertiary/aromatic N) is 1. The second kappa shape index (κ2) is 10.5. The largest absolute Gasteiger partial charge is 0.508 e. The van der Waals surface area contributed by atoms with E-state index in [2.05, 4.69) is 0 Å². The van der Waals surface area contributed by atoms with E-state index in [4.69, 9.17) is 4.74 Å². The highest BCUT2D eigenvalue weighted by atomic mass is 16.5. The molecular weight excluding hydrogens is 466 g/mol. The van der Waals surface area contributed by atoms with Crippen LogP contribution >= 0.6 is 0 Å². The minimum atomic E-state index is -0.811. The van der Waals surface area contributed by atoms with E-state index in [9.17, 15) is 19.8 Å². The predicted octanol–water partition coefficient (Wildman–Crippen LogP) is 6.15. The molecule has 0 saturated carbocycles. The first-order valence-corrected chi connectivity index (χ1v) is 12.5. The number of aromatic hydroxyl groups is 1. The number of carbonyl (C=O) groups is 2. The second-order valence-electron chi connectivity index (χ2n) is 9.79. The molecule has 0 radical (unpaired) electrons. The number of ether oxygens (including phenoxy) is 1. The highest BCUT2D eigenvalue weighted by molar-refractivity contribution is 6.46. The average Bonchev–Trinajstić information content (AvgIpc) is 3.11. The number of hydrogen-bond acceptors (Lipinski definition) is 5. The fourth-order valence-corrected chi connectivity index (χ4v) is 4.79. The average molecular weight is 500 g/mol. The fourth-order valence-electron chi connectivity index (χ4n) is 4.79. The molecule has 0 aliphatic carbocycles. The van der Waals surface area contributed by atoms with Gasteiger partial charge in [-0.05, 0) is 79.3 Å². The number of rotatable bonds is 7. The van der Waals surface area contributed by atoms with Crippen LogP contribution in [-0.2, 0) is 16.1 Å². The Kier molecular flexibility index (Phi) is 7.39. The number of benzene rings is 3. The quantitative estimate of drug-likeness (QED) is 0.231. The molecule has 1 saturated heterocycles. The molecule has 0 spiro atoms. The SMILES string of the molecule is CCOc1ccc(/C(O)=C2/C(=O)C(=O)N(Cc3cc(C)ccc3C)C2c2ccc(O)cc2)cc1C(C)C. The van der Waals surface area contributed by atoms with Crippen molar-refractivity contribution in [2.24, 2.45) is 0 Å². The second-order valence-corrected chi connectivity index (χ2v) is 9.79. The molecule has 1 fully saturated rings. The van der Waals surface area contributed by atoms with Gasteiger partial charge in [0.2, 0.25) is 0 Å². The normalized spacial score (nSPS) is 17.0. The van der Waals surface area contributed by atoms with Gasteiger partial charge in [-0.3, -0.25) is 9.59 Å². The van der Waals surface area contributed by atoms with Gasteiger partial charge in [0, 0.05) is 12.1 Å². The summed E-state index contributed by atoms with van der Waals surface area (Å²) in [6.45, 7) is 10.6. The first-order valence-electron chi connectivity index (χ1n) is 12.5. The number of Topliss-reactive ketones (excluding diaryl/α,β-unsaturated/α-hetero) is 1. The van der Waals surface area contributed by atoms with Gasteiger partial charge in [-0.2, -0.15) is 0 Å². The van der Waals surface area contributed by atoms with Crippen LogP contribution < -0.4 is 4.74 Å². The van der Waals surface area contributed by atoms with Crippen LogP contribution in [-0.4, -0.2) is 33.4 Å². The number of phenols is 1. The lowest BCUT2D eigenvalue weighted by Gasteiger charge is -2.26. The zero-order chi connectivity index (χ0) is 26.9. The van der Waals surface area contributed by atoms with Crippen molar-refractivity contribution in [3.8, 4) is 11.5 Å². The van der Waals surface area contributed by atoms with Crippen LogP contribution in [0.25, 0.3) is 5.76 Å². The van der Waals surface area contributed by atoms with Crippen LogP contribution in [0.3, 0.4) is 0 Å². The summed E-state index contributed by atoms with van der Waals surface area (Å²) in [5, 5.41) is 21.4. The van der Waals surface area contributed by atoms with Crippen molar-refractivity contribution in [3.63, 3.8) is 0 Å². The number of amides is 1. The van der Waals surface area contributed by atoms with Gasteiger partial charge in [0.15, 0.2) is 0 Å². The standard InChI is InChI=1S/C31H33NO5/c1-6-37-26-14-11-22(16-25(26)18(2)3)29(34)27-28(21-9-12-24(33)13-10-21)32(31(36)30(27)35)17-23-15-19(4)7-8-20(23)5/h7-16,18,28,33-34H,6,17H2,1-5H3/b29-27-. The van der Waals surface area contributed by atoms with Gasteiger partial charge in [-0.25, -0.2) is 0 Å². The number of carbonyl (C=O) groups excluding carboxylic acids is 2. The third-order valence-electron chi connectivity index (χ3n) is 6.80. The molecule has 3 aromatic rings. The molecule has 1 atom stereocenters. The summed E-state index contributed by atoms with van der Waals surface area (Å²) >= 11 is 0. The molecule has 1 heterocycles. The van der Waals surface area contributed by atoms with E-state index in [0.29, 0.717) is 17.7 Å². The van der Waals surface area contributed by atoms with E-state index in [-0.39, 0.29) is 29.5 Å². The molecule has 4 rings (SSSR count). The van der Waals surface area contributed by atoms with Crippen molar-refractivity contribution >= 4 is 17.4 Å². The highest BCUT2D eigenvalue weighted by Crippen LogP contribution is 2.41. The molecule has 1 amide bonds. The number of hydrogen-bond donors (Lipinski definition) is 2. The van der Waals surface area contributed by atoms with Crippen LogP contribution in [0.15, 0.2) is 66.2 Å². The van der Waals surface area contributed by atoms with E-state index < -0.39 is 17.7 Å². The molecular formula is C31H33NO5. The van der Waals surface area contributed by atoms with E-state index in [1.54, 1.807) is 24.3 Å². The Morgan fingerprint density at radius 2 is 1.70 bits per heavy atom. The molecule has 3 aromatic carbocycles. The molecule has 1 aliphatic heterocycles. The summed E-state index contributed by atoms with van der Waals surface area (Å²) in [7, 11) is 0. The van der Waals surface area contributed by atoms with Crippen LogP contribution in [0.1, 0.15) is 66.1 Å². The Hall–Kier alpha value is -4.06. The van der Waals surface area contributed by atoms with Crippen LogP contribution in [0.4, 0.5) is 0 Å². The zero-order valence-electron chi connectivity index (χ0n) is 21.9. The third-order valence-corrected chi connectivity index (χ3v) is 6.80. The van der Waals surface area contributed by atoms with Gasteiger partial charge in [0.05, 0.1) is 18.2 Å². The van der Waals surface area contributed by atoms with Crippen LogP contribution in [0.2, 0.25) is 0 Å². The number of aliphatic hydroxyl groups excluding tert-OH is 1. The third kappa shape index (κ3) is 5.10. The zero-order valence-corrected chi connectivity index (χ0v) is 21.9. The summed E-state index contributed by atoms with van der Waals surface area (Å²) < 4.78 is 5.75. The topological polar surface area (TPSA) is 87.1 Å². The van der Waals surface area contributed by atoms with E-state index in [0.717, 1.165) is 28.0 Å². The van der Waals surface area contributed by atoms with Crippen LogP contribution in [0, 0.1) is 13.8 Å². The van der Waals surface area contributed by atoms with Crippen molar-refractivity contribution < 1.29 is 24.5 Å². The molecule has 192 valence electrons. The fraction of sp³-hybridized carbons (Fsp3) is 0.290. The summed E-state index contributed by atoms with van der Waals surface area (Å²) in [6, 6.07) is 16.9. The van der Waals surface area contributed by atoms with Crippen molar-refractivity contribution in [1.29, 1.82) is 0 Å². The predicted molar refractivity (Wildman–Crippen MR) is 144 cm³/mol. The molecule has 2 N–H and O–H groups in total. The van der Waals surface area contributed by atoms with Gasteiger partial charge in [-0.15, -0.1) is 0 Å². The van der Waals surface area contributed by atoms with E-state index in [1.807, 2.05) is 58.9 Å². The van der Waals surface area contributed by atoms with E-state index >= 15 is 0 Å². The summed E-state index contributed by atoms with van der Waals surface area (Å²) in [5.41, 5.74) is 4.98. The number of aliphatic hydroxyl groups is 1. The Morgan fingerprint density at radius 3 is 2.35 bits per heavy atom. The molecule has 6 nitrogen and oxygen atoms in total. The molecule has 6 heteroatoms. The maximum Gasteiger partial charge on any atom is 0.295 e. The molecule has 37 heavy (non-hydrogen) atoms. The molecule has 1 unspecified atom stereocenters. The van der Waals surface area contributed by atoms with Crippen molar-refractivity contribution in [2.45, 2.75) is 53.1 Å². The van der Waals surface area contributed by atoms with Gasteiger partial charge in [0.1, 0.15) is 17.3 Å². The van der Waals surface area contributed by atoms with Gasteiger partial charge >= 0.3 is 0 Å². The summed E-state index contributed by atoms with van der Waals surface area (Å²) in [5.74, 6) is -0.724. The Balaban J connectivity index is 1.88. The van der Waals surface area contributed by atoms with Crippen LogP contribution in [0.5, 0.6) is 11.5 Å². The lowest BCUT2D eigenvalue weighted by molar-refractivity contribution is -0.140. The number of aryl methyl sites for hydroxylation is 2. The summed E-state index contributed by atoms with van der Waals surface area (Å²) in [6.07, 6.45) is 0. The minimum Gasteiger partial charge on any atom is -0.508 e. The lowest BCUT2D eigenvalue weighted by atomic mass is 9.93. The number of ketones is 1. The molecule has 0 aromatic heterocycles. The maximum absolute atomic E-state index is 13.4. The highest BCUT2D eigenvalue weighted by Gasteiger charge is 2.46. The first-order chi connectivity index (χ1) is 17.6. The first kappa shape index (κ1) is 26.0. The van der Waals surface area contributed by atoms with Gasteiger partial charge < -0.3 is 19.8 Å². The molecule has 1 aliphatic rings. The van der Waals surface area contributed by atoms with E-state index in [1.165, 1.54) is 17.0 Å². The van der Waals surface area contributed by atoms with Crippen molar-refractivity contribution in [2.75, 3.05) is 6.61 Å². The number of likely N-dealkylation sites (tertiary alicyclic amines) is 1. The Morgan fingerprint density at radius 1 is 1.00 bits per heavy atom. The number of phenolic OH excluding ortho intramolecular Hbond substituents is 1. The molecule has 0 bridgehead atoms. The van der Waals surface area contributed by atoms with Crippen molar-refractivity contribution in [3.05, 3.63) is 99.6 Å². The Bertz CT molecular complexity index is 1370. The van der Waals surface area contributed by atoms with Crippen molar-refractivity contribution in [1.82, 2.24) is 4.90 Å². The Labute approximate surface area is 217 Å².